The third-order valence-electron chi connectivity index (χ3n) is 2.98. The standard InChI is InChI=1S/C16H16BrNO2/c1-20-16(19)15-5-3-2-4-13(15)11-18-10-12-6-8-14(17)9-7-12/h2-9,18H,10-11H2,1H3. The zero-order chi connectivity index (χ0) is 14.4. The highest BCUT2D eigenvalue weighted by Gasteiger charge is 2.10. The Morgan fingerprint density at radius 2 is 1.80 bits per heavy atom. The monoisotopic (exact) mass is 333 g/mol. The van der Waals surface area contributed by atoms with E-state index in [1.54, 1.807) is 6.07 Å². The largest absolute Gasteiger partial charge is 0.465 e. The van der Waals surface area contributed by atoms with Crippen LogP contribution in [0, 0.1) is 0 Å². The van der Waals surface area contributed by atoms with Gasteiger partial charge in [-0.2, -0.15) is 0 Å². The average molecular weight is 334 g/mol. The average Bonchev–Trinajstić information content (AvgIpc) is 2.49. The Labute approximate surface area is 127 Å². The second-order valence-electron chi connectivity index (χ2n) is 4.38. The van der Waals surface area contributed by atoms with Gasteiger partial charge in [-0.1, -0.05) is 46.3 Å². The highest BCUT2D eigenvalue weighted by atomic mass is 79.9. The molecule has 3 nitrogen and oxygen atoms in total. The highest BCUT2D eigenvalue weighted by molar-refractivity contribution is 9.10. The summed E-state index contributed by atoms with van der Waals surface area (Å²) in [7, 11) is 1.40. The summed E-state index contributed by atoms with van der Waals surface area (Å²) in [6, 6.07) is 15.6. The van der Waals surface area contributed by atoms with Crippen LogP contribution in [0.1, 0.15) is 21.5 Å². The Hall–Kier alpha value is -1.65. The van der Waals surface area contributed by atoms with Crippen molar-refractivity contribution < 1.29 is 9.53 Å². The maximum atomic E-state index is 11.6. The Balaban J connectivity index is 1.97. The van der Waals surface area contributed by atoms with E-state index in [9.17, 15) is 4.79 Å². The lowest BCUT2D eigenvalue weighted by Crippen LogP contribution is -2.16. The van der Waals surface area contributed by atoms with Crippen molar-refractivity contribution in [2.45, 2.75) is 13.1 Å². The maximum absolute atomic E-state index is 11.6. The van der Waals surface area contributed by atoms with Crippen LogP contribution >= 0.6 is 15.9 Å². The van der Waals surface area contributed by atoms with Crippen LogP contribution in [0.2, 0.25) is 0 Å². The van der Waals surface area contributed by atoms with Gasteiger partial charge >= 0.3 is 5.97 Å². The molecule has 0 saturated carbocycles. The fraction of sp³-hybridized carbons (Fsp3) is 0.188. The van der Waals surface area contributed by atoms with Gasteiger partial charge in [0.1, 0.15) is 0 Å². The van der Waals surface area contributed by atoms with E-state index >= 15 is 0 Å². The molecule has 0 fully saturated rings. The molecule has 0 bridgehead atoms. The van der Waals surface area contributed by atoms with Gasteiger partial charge in [0.05, 0.1) is 12.7 Å². The smallest absolute Gasteiger partial charge is 0.338 e. The van der Waals surface area contributed by atoms with E-state index in [0.29, 0.717) is 12.1 Å². The first-order chi connectivity index (χ1) is 9.70. The molecule has 0 spiro atoms. The van der Waals surface area contributed by atoms with E-state index in [1.807, 2.05) is 30.3 Å². The van der Waals surface area contributed by atoms with E-state index in [-0.39, 0.29) is 5.97 Å². The quantitative estimate of drug-likeness (QED) is 0.850. The van der Waals surface area contributed by atoms with Crippen molar-refractivity contribution in [2.24, 2.45) is 0 Å². The van der Waals surface area contributed by atoms with Gasteiger partial charge in [0.2, 0.25) is 0 Å². The SMILES string of the molecule is COC(=O)c1ccccc1CNCc1ccc(Br)cc1. The van der Waals surface area contributed by atoms with Crippen molar-refractivity contribution in [1.29, 1.82) is 0 Å². The van der Waals surface area contributed by atoms with Gasteiger partial charge < -0.3 is 10.1 Å². The zero-order valence-corrected chi connectivity index (χ0v) is 12.8. The molecule has 2 rings (SSSR count). The van der Waals surface area contributed by atoms with E-state index in [2.05, 4.69) is 33.4 Å². The van der Waals surface area contributed by atoms with E-state index < -0.39 is 0 Å². The number of carbonyl (C=O) groups excluding carboxylic acids is 1. The number of hydrogen-bond acceptors (Lipinski definition) is 3. The molecule has 2 aromatic carbocycles. The van der Waals surface area contributed by atoms with Gasteiger partial charge in [-0.05, 0) is 29.3 Å². The lowest BCUT2D eigenvalue weighted by Gasteiger charge is -2.09. The first kappa shape index (κ1) is 14.8. The minimum absolute atomic E-state index is 0.300. The molecule has 0 aliphatic rings. The summed E-state index contributed by atoms with van der Waals surface area (Å²) in [6.07, 6.45) is 0. The first-order valence-corrected chi connectivity index (χ1v) is 7.11. The van der Waals surface area contributed by atoms with Gasteiger partial charge in [0.15, 0.2) is 0 Å². The normalized spacial score (nSPS) is 10.3. The molecule has 2 aromatic rings. The number of methoxy groups -OCH3 is 1. The van der Waals surface area contributed by atoms with Gasteiger partial charge in [-0.15, -0.1) is 0 Å². The van der Waals surface area contributed by atoms with E-state index in [0.717, 1.165) is 16.6 Å². The van der Waals surface area contributed by atoms with Crippen LogP contribution in [0.4, 0.5) is 0 Å². The zero-order valence-electron chi connectivity index (χ0n) is 11.2. The number of hydrogen-bond donors (Lipinski definition) is 1. The minimum atomic E-state index is -0.300. The molecule has 0 atom stereocenters. The molecule has 0 heterocycles. The topological polar surface area (TPSA) is 38.3 Å². The molecule has 0 aliphatic heterocycles. The lowest BCUT2D eigenvalue weighted by molar-refractivity contribution is 0.0599. The molecule has 1 N–H and O–H groups in total. The summed E-state index contributed by atoms with van der Waals surface area (Å²) < 4.78 is 5.85. The van der Waals surface area contributed by atoms with Crippen LogP contribution in [0.3, 0.4) is 0 Å². The summed E-state index contributed by atoms with van der Waals surface area (Å²) in [5, 5.41) is 3.33. The maximum Gasteiger partial charge on any atom is 0.338 e. The van der Waals surface area contributed by atoms with E-state index in [1.165, 1.54) is 12.7 Å². The molecule has 0 unspecified atom stereocenters. The van der Waals surface area contributed by atoms with Crippen LogP contribution in [-0.4, -0.2) is 13.1 Å². The summed E-state index contributed by atoms with van der Waals surface area (Å²) >= 11 is 3.41. The molecule has 0 aromatic heterocycles. The van der Waals surface area contributed by atoms with Gasteiger partial charge in [-0.25, -0.2) is 4.79 Å². The van der Waals surface area contributed by atoms with Crippen molar-refractivity contribution in [3.8, 4) is 0 Å². The molecule has 4 heteroatoms. The molecular formula is C16H16BrNO2. The van der Waals surface area contributed by atoms with Crippen LogP contribution in [0.25, 0.3) is 0 Å². The number of carbonyl (C=O) groups is 1. The van der Waals surface area contributed by atoms with Gasteiger partial charge in [0.25, 0.3) is 0 Å². The van der Waals surface area contributed by atoms with Crippen molar-refractivity contribution in [3.63, 3.8) is 0 Å². The minimum Gasteiger partial charge on any atom is -0.465 e. The fourth-order valence-electron chi connectivity index (χ4n) is 1.93. The van der Waals surface area contributed by atoms with Crippen molar-refractivity contribution in [2.75, 3.05) is 7.11 Å². The van der Waals surface area contributed by atoms with Crippen LogP contribution in [0.5, 0.6) is 0 Å². The summed E-state index contributed by atoms with van der Waals surface area (Å²) in [6.45, 7) is 1.38. The second kappa shape index (κ2) is 7.22. The number of rotatable bonds is 5. The Morgan fingerprint density at radius 3 is 2.50 bits per heavy atom. The first-order valence-electron chi connectivity index (χ1n) is 6.32. The summed E-state index contributed by atoms with van der Waals surface area (Å²) in [4.78, 5) is 11.6. The van der Waals surface area contributed by atoms with Crippen molar-refractivity contribution in [3.05, 3.63) is 69.7 Å². The van der Waals surface area contributed by atoms with Crippen molar-refractivity contribution in [1.82, 2.24) is 5.32 Å². The predicted octanol–water partition coefficient (Wildman–Crippen LogP) is 3.53. The third kappa shape index (κ3) is 3.92. The Kier molecular flexibility index (Phi) is 5.32. The van der Waals surface area contributed by atoms with E-state index in [4.69, 9.17) is 4.74 Å². The number of nitrogens with one attached hydrogen (secondary N) is 1. The predicted molar refractivity (Wildman–Crippen MR) is 82.5 cm³/mol. The molecule has 20 heavy (non-hydrogen) atoms. The Bertz CT molecular complexity index is 581. The molecule has 0 radical (unpaired) electrons. The van der Waals surface area contributed by atoms with Crippen LogP contribution < -0.4 is 5.32 Å². The third-order valence-corrected chi connectivity index (χ3v) is 3.51. The Morgan fingerprint density at radius 1 is 1.10 bits per heavy atom. The highest BCUT2D eigenvalue weighted by Crippen LogP contribution is 2.12. The van der Waals surface area contributed by atoms with Gasteiger partial charge in [-0.3, -0.25) is 0 Å². The van der Waals surface area contributed by atoms with Crippen LogP contribution in [0.15, 0.2) is 53.0 Å². The lowest BCUT2D eigenvalue weighted by atomic mass is 10.1. The van der Waals surface area contributed by atoms with Crippen LogP contribution in [-0.2, 0) is 17.8 Å². The molecular weight excluding hydrogens is 318 g/mol. The molecule has 0 saturated heterocycles. The summed E-state index contributed by atoms with van der Waals surface area (Å²) in [5.74, 6) is -0.300. The molecule has 0 amide bonds. The second-order valence-corrected chi connectivity index (χ2v) is 5.29. The number of ether oxygens (including phenoxy) is 1. The molecule has 0 aliphatic carbocycles. The number of benzene rings is 2. The summed E-state index contributed by atoms with van der Waals surface area (Å²) in [5.41, 5.74) is 2.75. The van der Waals surface area contributed by atoms with Gasteiger partial charge in [0, 0.05) is 17.6 Å². The fourth-order valence-corrected chi connectivity index (χ4v) is 2.19. The van der Waals surface area contributed by atoms with Crippen molar-refractivity contribution >= 4 is 21.9 Å². The molecule has 104 valence electrons. The number of esters is 1. The number of halogens is 1.